The summed E-state index contributed by atoms with van der Waals surface area (Å²) in [6, 6.07) is 18.1. The van der Waals surface area contributed by atoms with Crippen molar-refractivity contribution in [3.63, 3.8) is 0 Å². The average Bonchev–Trinajstić information content (AvgIpc) is 2.83. The number of nitrogens with one attached hydrogen (secondary N) is 2. The van der Waals surface area contributed by atoms with Crippen LogP contribution in [0.1, 0.15) is 35.3 Å². The summed E-state index contributed by atoms with van der Waals surface area (Å²) in [5.74, 6) is -0.505. The molecule has 0 radical (unpaired) electrons. The summed E-state index contributed by atoms with van der Waals surface area (Å²) < 4.78 is 5.90. The fourth-order valence-corrected chi connectivity index (χ4v) is 3.62. The van der Waals surface area contributed by atoms with E-state index in [0.29, 0.717) is 31.9 Å². The first kappa shape index (κ1) is 26.5. The van der Waals surface area contributed by atoms with Gasteiger partial charge in [0.2, 0.25) is 0 Å². The molecule has 0 aromatic heterocycles. The lowest BCUT2D eigenvalue weighted by Gasteiger charge is -2.20. The van der Waals surface area contributed by atoms with E-state index in [9.17, 15) is 9.59 Å². The number of halogens is 3. The first-order valence-electron chi connectivity index (χ1n) is 10.8. The molecular formula is C26H24Cl3N3O3. The summed E-state index contributed by atoms with van der Waals surface area (Å²) in [6.45, 7) is 3.90. The second-order valence-electron chi connectivity index (χ2n) is 8.00. The van der Waals surface area contributed by atoms with Crippen LogP contribution in [-0.2, 0) is 11.4 Å². The lowest BCUT2D eigenvalue weighted by atomic mass is 10.0. The van der Waals surface area contributed by atoms with Crippen LogP contribution in [0.3, 0.4) is 0 Å². The molecule has 9 heteroatoms. The van der Waals surface area contributed by atoms with Gasteiger partial charge in [-0.2, -0.15) is 5.10 Å². The molecular weight excluding hydrogens is 509 g/mol. The third-order valence-corrected chi connectivity index (χ3v) is 5.89. The van der Waals surface area contributed by atoms with Gasteiger partial charge < -0.3 is 10.1 Å². The summed E-state index contributed by atoms with van der Waals surface area (Å²) in [7, 11) is 0. The maximum absolute atomic E-state index is 12.8. The standard InChI is InChI=1S/C26H24Cl3N3O3/c1-16(2)24(31-25(33)17-7-9-20(27)10-8-17)26(34)32-30-14-19-13-21(28)11-12-23(19)35-15-18-5-3-4-6-22(18)29/h3-14,16,24H,15H2,1-2H3,(H,31,33)(H,32,34)/b30-14+. The first-order valence-corrected chi connectivity index (χ1v) is 11.9. The van der Waals surface area contributed by atoms with Crippen molar-refractivity contribution in [2.45, 2.75) is 26.5 Å². The van der Waals surface area contributed by atoms with Crippen molar-refractivity contribution in [3.8, 4) is 5.75 Å². The highest BCUT2D eigenvalue weighted by atomic mass is 35.5. The molecule has 35 heavy (non-hydrogen) atoms. The van der Waals surface area contributed by atoms with Crippen LogP contribution in [-0.4, -0.2) is 24.1 Å². The maximum atomic E-state index is 12.8. The van der Waals surface area contributed by atoms with Crippen molar-refractivity contribution < 1.29 is 14.3 Å². The van der Waals surface area contributed by atoms with Crippen LogP contribution in [0.15, 0.2) is 71.8 Å². The highest BCUT2D eigenvalue weighted by Gasteiger charge is 2.24. The van der Waals surface area contributed by atoms with Crippen molar-refractivity contribution in [2.75, 3.05) is 0 Å². The minimum atomic E-state index is -0.800. The second kappa shape index (κ2) is 12.6. The number of nitrogens with zero attached hydrogens (tertiary/aromatic N) is 1. The molecule has 3 rings (SSSR count). The molecule has 2 N–H and O–H groups in total. The van der Waals surface area contributed by atoms with Crippen LogP contribution in [0, 0.1) is 5.92 Å². The molecule has 3 aromatic rings. The van der Waals surface area contributed by atoms with Crippen LogP contribution in [0.5, 0.6) is 5.75 Å². The minimum absolute atomic E-state index is 0.179. The highest BCUT2D eigenvalue weighted by Crippen LogP contribution is 2.24. The van der Waals surface area contributed by atoms with Gasteiger partial charge in [-0.1, -0.05) is 66.8 Å². The van der Waals surface area contributed by atoms with Gasteiger partial charge in [0, 0.05) is 31.8 Å². The zero-order chi connectivity index (χ0) is 25.4. The molecule has 0 heterocycles. The van der Waals surface area contributed by atoms with E-state index >= 15 is 0 Å². The monoisotopic (exact) mass is 531 g/mol. The largest absolute Gasteiger partial charge is 0.488 e. The van der Waals surface area contributed by atoms with Gasteiger partial charge in [0.1, 0.15) is 18.4 Å². The Hall–Kier alpha value is -3.06. The third kappa shape index (κ3) is 7.72. The minimum Gasteiger partial charge on any atom is -0.488 e. The van der Waals surface area contributed by atoms with Gasteiger partial charge in [-0.15, -0.1) is 0 Å². The quantitative estimate of drug-likeness (QED) is 0.257. The summed E-state index contributed by atoms with van der Waals surface area (Å²) in [6.07, 6.45) is 1.43. The van der Waals surface area contributed by atoms with Crippen molar-refractivity contribution in [1.29, 1.82) is 0 Å². The number of benzene rings is 3. The first-order chi connectivity index (χ1) is 16.7. The molecule has 0 saturated carbocycles. The lowest BCUT2D eigenvalue weighted by Crippen LogP contribution is -2.48. The predicted octanol–water partition coefficient (Wildman–Crippen LogP) is 6.13. The number of hydrogen-bond acceptors (Lipinski definition) is 4. The van der Waals surface area contributed by atoms with E-state index in [2.05, 4.69) is 15.8 Å². The second-order valence-corrected chi connectivity index (χ2v) is 9.28. The molecule has 6 nitrogen and oxygen atoms in total. The number of carbonyl (C=O) groups is 2. The smallest absolute Gasteiger partial charge is 0.262 e. The molecule has 0 spiro atoms. The van der Waals surface area contributed by atoms with Gasteiger partial charge in [0.05, 0.1) is 6.21 Å². The Kier molecular flexibility index (Phi) is 9.55. The molecule has 0 aliphatic rings. The number of carbonyl (C=O) groups excluding carboxylic acids is 2. The van der Waals surface area contributed by atoms with Crippen LogP contribution >= 0.6 is 34.8 Å². The van der Waals surface area contributed by atoms with Gasteiger partial charge in [-0.25, -0.2) is 5.43 Å². The number of hydrazone groups is 1. The van der Waals surface area contributed by atoms with E-state index in [0.717, 1.165) is 5.56 Å². The molecule has 0 aliphatic heterocycles. The molecule has 1 unspecified atom stereocenters. The summed E-state index contributed by atoms with van der Waals surface area (Å²) in [5.41, 5.74) is 4.28. The maximum Gasteiger partial charge on any atom is 0.262 e. The van der Waals surface area contributed by atoms with Gasteiger partial charge in [0.15, 0.2) is 0 Å². The van der Waals surface area contributed by atoms with Gasteiger partial charge >= 0.3 is 0 Å². The molecule has 3 aromatic carbocycles. The average molecular weight is 533 g/mol. The molecule has 0 fully saturated rings. The summed E-state index contributed by atoms with van der Waals surface area (Å²) >= 11 is 18.2. The lowest BCUT2D eigenvalue weighted by molar-refractivity contribution is -0.123. The molecule has 2 amide bonds. The van der Waals surface area contributed by atoms with E-state index in [4.69, 9.17) is 39.5 Å². The van der Waals surface area contributed by atoms with Crippen molar-refractivity contribution in [2.24, 2.45) is 11.0 Å². The van der Waals surface area contributed by atoms with Crippen LogP contribution in [0.4, 0.5) is 0 Å². The molecule has 0 aliphatic carbocycles. The van der Waals surface area contributed by atoms with E-state index < -0.39 is 11.9 Å². The molecule has 0 bridgehead atoms. The fourth-order valence-electron chi connectivity index (χ4n) is 3.12. The van der Waals surface area contributed by atoms with E-state index in [1.807, 2.05) is 32.0 Å². The SMILES string of the molecule is CC(C)C(NC(=O)c1ccc(Cl)cc1)C(=O)N/N=C/c1cc(Cl)ccc1OCc1ccccc1Cl. The Bertz CT molecular complexity index is 1210. The Morgan fingerprint density at radius 2 is 1.66 bits per heavy atom. The molecule has 182 valence electrons. The zero-order valence-corrected chi connectivity index (χ0v) is 21.4. The van der Waals surface area contributed by atoms with Crippen LogP contribution < -0.4 is 15.5 Å². The van der Waals surface area contributed by atoms with Crippen LogP contribution in [0.2, 0.25) is 15.1 Å². The predicted molar refractivity (Wildman–Crippen MR) is 141 cm³/mol. The summed E-state index contributed by atoms with van der Waals surface area (Å²) in [5, 5.41) is 8.40. The Labute approximate surface area is 219 Å². The Balaban J connectivity index is 1.67. The molecule has 0 saturated heterocycles. The van der Waals surface area contributed by atoms with E-state index in [1.54, 1.807) is 48.5 Å². The Morgan fingerprint density at radius 3 is 2.34 bits per heavy atom. The van der Waals surface area contributed by atoms with Crippen molar-refractivity contribution >= 4 is 52.8 Å². The van der Waals surface area contributed by atoms with Gasteiger partial charge in [-0.3, -0.25) is 9.59 Å². The van der Waals surface area contributed by atoms with Crippen molar-refractivity contribution in [3.05, 3.63) is 98.5 Å². The van der Waals surface area contributed by atoms with Gasteiger partial charge in [0.25, 0.3) is 11.8 Å². The topological polar surface area (TPSA) is 79.8 Å². The number of ether oxygens (including phenoxy) is 1. The number of rotatable bonds is 9. The van der Waals surface area contributed by atoms with Crippen molar-refractivity contribution in [1.82, 2.24) is 10.7 Å². The summed E-state index contributed by atoms with van der Waals surface area (Å²) in [4.78, 5) is 25.3. The zero-order valence-electron chi connectivity index (χ0n) is 19.1. The Morgan fingerprint density at radius 1 is 0.971 bits per heavy atom. The molecule has 1 atom stereocenters. The third-order valence-electron chi connectivity index (χ3n) is 5.03. The normalized spacial score (nSPS) is 11.9. The van der Waals surface area contributed by atoms with Gasteiger partial charge in [-0.05, 0) is 54.4 Å². The number of hydrogen-bond donors (Lipinski definition) is 2. The van der Waals surface area contributed by atoms with E-state index in [-0.39, 0.29) is 18.4 Å². The number of amides is 2. The fraction of sp³-hybridized carbons (Fsp3) is 0.192. The van der Waals surface area contributed by atoms with E-state index in [1.165, 1.54) is 6.21 Å². The highest BCUT2D eigenvalue weighted by molar-refractivity contribution is 6.31. The van der Waals surface area contributed by atoms with Crippen LogP contribution in [0.25, 0.3) is 0 Å².